The Balaban J connectivity index is 1.71. The number of hydrogen-bond donors (Lipinski definition) is 3. The van der Waals surface area contributed by atoms with E-state index < -0.39 is 6.10 Å². The Kier molecular flexibility index (Phi) is 6.54. The quantitative estimate of drug-likeness (QED) is 0.491. The standard InChI is InChI=1S/C20H26N6O2/c1-3-9-21-17(28)8-5-10-22-19-18-20(24-12-23-19)26(13-25-18)16-7-4-6-15(11-16)14(2)27/h4,6-7,11-14,27H,3,5,8-10H2,1-2H3,(H,21,28)(H,22,23,24). The van der Waals surface area contributed by atoms with Gasteiger partial charge in [-0.2, -0.15) is 0 Å². The van der Waals surface area contributed by atoms with Crippen molar-refractivity contribution in [1.82, 2.24) is 24.8 Å². The number of imidazole rings is 1. The first-order valence-electron chi connectivity index (χ1n) is 9.57. The number of aliphatic hydroxyl groups excluding tert-OH is 1. The predicted molar refractivity (Wildman–Crippen MR) is 108 cm³/mol. The summed E-state index contributed by atoms with van der Waals surface area (Å²) in [6.07, 6.45) is 4.77. The minimum Gasteiger partial charge on any atom is -0.389 e. The van der Waals surface area contributed by atoms with Gasteiger partial charge in [0.2, 0.25) is 5.91 Å². The van der Waals surface area contributed by atoms with Crippen LogP contribution >= 0.6 is 0 Å². The maximum Gasteiger partial charge on any atom is 0.220 e. The molecule has 0 bridgehead atoms. The lowest BCUT2D eigenvalue weighted by molar-refractivity contribution is -0.121. The van der Waals surface area contributed by atoms with Gasteiger partial charge in [-0.15, -0.1) is 0 Å². The number of anilines is 1. The van der Waals surface area contributed by atoms with Gasteiger partial charge in [-0.25, -0.2) is 15.0 Å². The zero-order chi connectivity index (χ0) is 19.9. The number of aliphatic hydroxyl groups is 1. The first kappa shape index (κ1) is 19.8. The van der Waals surface area contributed by atoms with E-state index in [1.54, 1.807) is 13.3 Å². The van der Waals surface area contributed by atoms with E-state index >= 15 is 0 Å². The Labute approximate surface area is 164 Å². The van der Waals surface area contributed by atoms with Crippen LogP contribution in [0.4, 0.5) is 5.82 Å². The summed E-state index contributed by atoms with van der Waals surface area (Å²) < 4.78 is 1.87. The molecule has 0 aliphatic carbocycles. The van der Waals surface area contributed by atoms with Crippen molar-refractivity contribution < 1.29 is 9.90 Å². The fraction of sp³-hybridized carbons (Fsp3) is 0.400. The SMILES string of the molecule is CCCNC(=O)CCCNc1ncnc2c1ncn2-c1cccc(C(C)O)c1. The zero-order valence-corrected chi connectivity index (χ0v) is 16.2. The number of fused-ring (bicyclic) bond motifs is 1. The molecule has 148 valence electrons. The monoisotopic (exact) mass is 382 g/mol. The summed E-state index contributed by atoms with van der Waals surface area (Å²) in [4.78, 5) is 24.8. The van der Waals surface area contributed by atoms with Crippen molar-refractivity contribution in [3.05, 3.63) is 42.5 Å². The maximum atomic E-state index is 11.7. The van der Waals surface area contributed by atoms with Gasteiger partial charge >= 0.3 is 0 Å². The largest absolute Gasteiger partial charge is 0.389 e. The van der Waals surface area contributed by atoms with Crippen molar-refractivity contribution in [3.8, 4) is 5.69 Å². The van der Waals surface area contributed by atoms with Gasteiger partial charge in [0.25, 0.3) is 0 Å². The second-order valence-corrected chi connectivity index (χ2v) is 6.66. The summed E-state index contributed by atoms with van der Waals surface area (Å²) in [7, 11) is 0. The molecule has 0 radical (unpaired) electrons. The van der Waals surface area contributed by atoms with Crippen LogP contribution in [0.3, 0.4) is 0 Å². The molecule has 0 fully saturated rings. The van der Waals surface area contributed by atoms with Crippen molar-refractivity contribution in [1.29, 1.82) is 0 Å². The van der Waals surface area contributed by atoms with Gasteiger partial charge in [-0.05, 0) is 37.5 Å². The van der Waals surface area contributed by atoms with Gasteiger partial charge in [-0.1, -0.05) is 19.1 Å². The van der Waals surface area contributed by atoms with Crippen LogP contribution in [0.25, 0.3) is 16.9 Å². The van der Waals surface area contributed by atoms with Crippen molar-refractivity contribution in [2.24, 2.45) is 0 Å². The number of rotatable bonds is 9. The zero-order valence-electron chi connectivity index (χ0n) is 16.2. The van der Waals surface area contributed by atoms with E-state index in [0.717, 1.165) is 17.7 Å². The molecule has 8 heteroatoms. The average Bonchev–Trinajstić information content (AvgIpc) is 3.14. The van der Waals surface area contributed by atoms with Gasteiger partial charge in [0.15, 0.2) is 17.0 Å². The third-order valence-electron chi connectivity index (χ3n) is 4.41. The van der Waals surface area contributed by atoms with Crippen LogP contribution < -0.4 is 10.6 Å². The molecule has 28 heavy (non-hydrogen) atoms. The number of carbonyl (C=O) groups excluding carboxylic acids is 1. The molecular formula is C20H26N6O2. The molecule has 1 atom stereocenters. The predicted octanol–water partition coefficient (Wildman–Crippen LogP) is 2.59. The number of nitrogens with one attached hydrogen (secondary N) is 2. The molecule has 2 aromatic heterocycles. The van der Waals surface area contributed by atoms with Gasteiger partial charge in [-0.3, -0.25) is 9.36 Å². The maximum absolute atomic E-state index is 11.7. The molecule has 0 aliphatic rings. The van der Waals surface area contributed by atoms with Crippen LogP contribution in [0.1, 0.15) is 44.8 Å². The molecule has 3 N–H and O–H groups in total. The average molecular weight is 382 g/mol. The number of benzene rings is 1. The third kappa shape index (κ3) is 4.64. The van der Waals surface area contributed by atoms with Crippen molar-refractivity contribution in [2.45, 2.75) is 39.2 Å². The Morgan fingerprint density at radius 2 is 2.11 bits per heavy atom. The molecule has 0 saturated carbocycles. The van der Waals surface area contributed by atoms with Crippen LogP contribution in [0.15, 0.2) is 36.9 Å². The first-order valence-corrected chi connectivity index (χ1v) is 9.57. The lowest BCUT2D eigenvalue weighted by Crippen LogP contribution is -2.24. The molecular weight excluding hydrogens is 356 g/mol. The van der Waals surface area contributed by atoms with Gasteiger partial charge in [0.1, 0.15) is 12.7 Å². The van der Waals surface area contributed by atoms with Gasteiger partial charge < -0.3 is 15.7 Å². The highest BCUT2D eigenvalue weighted by Gasteiger charge is 2.12. The fourth-order valence-corrected chi connectivity index (χ4v) is 2.90. The van der Waals surface area contributed by atoms with Crippen molar-refractivity contribution in [2.75, 3.05) is 18.4 Å². The van der Waals surface area contributed by atoms with Gasteiger partial charge in [0, 0.05) is 25.2 Å². The van der Waals surface area contributed by atoms with Crippen LogP contribution in [-0.4, -0.2) is 43.6 Å². The Bertz CT molecular complexity index is 937. The molecule has 8 nitrogen and oxygen atoms in total. The second kappa shape index (κ2) is 9.27. The summed E-state index contributed by atoms with van der Waals surface area (Å²) in [6, 6.07) is 7.63. The molecule has 1 unspecified atom stereocenters. The highest BCUT2D eigenvalue weighted by atomic mass is 16.3. The summed E-state index contributed by atoms with van der Waals surface area (Å²) in [5, 5.41) is 15.9. The van der Waals surface area contributed by atoms with Crippen LogP contribution in [0.5, 0.6) is 0 Å². The molecule has 1 amide bonds. The molecule has 0 aliphatic heterocycles. The summed E-state index contributed by atoms with van der Waals surface area (Å²) in [5.74, 6) is 0.711. The van der Waals surface area contributed by atoms with Crippen molar-refractivity contribution >= 4 is 22.9 Å². The Hall–Kier alpha value is -3.00. The molecule has 2 heterocycles. The summed E-state index contributed by atoms with van der Waals surface area (Å²) in [6.45, 7) is 5.10. The summed E-state index contributed by atoms with van der Waals surface area (Å²) >= 11 is 0. The van der Waals surface area contributed by atoms with Crippen LogP contribution in [-0.2, 0) is 4.79 Å². The van der Waals surface area contributed by atoms with E-state index in [1.165, 1.54) is 6.33 Å². The number of carbonyl (C=O) groups is 1. The normalized spacial score (nSPS) is 12.1. The molecule has 0 saturated heterocycles. The lowest BCUT2D eigenvalue weighted by atomic mass is 10.1. The Morgan fingerprint density at radius 1 is 1.25 bits per heavy atom. The fourth-order valence-electron chi connectivity index (χ4n) is 2.90. The van der Waals surface area contributed by atoms with E-state index in [-0.39, 0.29) is 5.91 Å². The highest BCUT2D eigenvalue weighted by molar-refractivity contribution is 5.84. The van der Waals surface area contributed by atoms with E-state index in [2.05, 4.69) is 25.6 Å². The molecule has 3 aromatic rings. The number of amides is 1. The minimum atomic E-state index is -0.545. The number of aromatic nitrogens is 4. The van der Waals surface area contributed by atoms with Crippen molar-refractivity contribution in [3.63, 3.8) is 0 Å². The van der Waals surface area contributed by atoms with E-state index in [1.807, 2.05) is 35.8 Å². The smallest absolute Gasteiger partial charge is 0.220 e. The van der Waals surface area contributed by atoms with Crippen LogP contribution in [0.2, 0.25) is 0 Å². The second-order valence-electron chi connectivity index (χ2n) is 6.66. The molecule has 3 rings (SSSR count). The summed E-state index contributed by atoms with van der Waals surface area (Å²) in [5.41, 5.74) is 3.05. The van der Waals surface area contributed by atoms with E-state index in [9.17, 15) is 9.90 Å². The first-order chi connectivity index (χ1) is 13.6. The highest BCUT2D eigenvalue weighted by Crippen LogP contribution is 2.23. The van der Waals surface area contributed by atoms with E-state index in [4.69, 9.17) is 0 Å². The third-order valence-corrected chi connectivity index (χ3v) is 4.41. The Morgan fingerprint density at radius 3 is 2.89 bits per heavy atom. The molecule has 0 spiro atoms. The minimum absolute atomic E-state index is 0.0683. The van der Waals surface area contributed by atoms with E-state index in [0.29, 0.717) is 42.9 Å². The topological polar surface area (TPSA) is 105 Å². The lowest BCUT2D eigenvalue weighted by Gasteiger charge is -2.09. The van der Waals surface area contributed by atoms with Gasteiger partial charge in [0.05, 0.1) is 6.10 Å². The number of hydrogen-bond acceptors (Lipinski definition) is 6. The number of nitrogens with zero attached hydrogens (tertiary/aromatic N) is 4. The molecule has 1 aromatic carbocycles. The van der Waals surface area contributed by atoms with Crippen LogP contribution in [0, 0.1) is 0 Å².